The van der Waals surface area contributed by atoms with Crippen molar-refractivity contribution in [3.63, 3.8) is 0 Å². The highest BCUT2D eigenvalue weighted by Gasteiger charge is 2.03. The predicted octanol–water partition coefficient (Wildman–Crippen LogP) is 1.58. The van der Waals surface area contributed by atoms with Crippen molar-refractivity contribution < 1.29 is 0 Å². The molecule has 4 nitrogen and oxygen atoms in total. The van der Waals surface area contributed by atoms with Gasteiger partial charge in [0.05, 0.1) is 10.7 Å². The Morgan fingerprint density at radius 2 is 2.21 bits per heavy atom. The summed E-state index contributed by atoms with van der Waals surface area (Å²) in [6, 6.07) is 3.69. The van der Waals surface area contributed by atoms with Gasteiger partial charge in [0.1, 0.15) is 0 Å². The molecule has 0 radical (unpaired) electrons. The molecule has 72 valence electrons. The molecule has 0 amide bonds. The van der Waals surface area contributed by atoms with Crippen LogP contribution < -0.4 is 5.73 Å². The van der Waals surface area contributed by atoms with E-state index in [1.54, 1.807) is 12.4 Å². The van der Waals surface area contributed by atoms with Crippen molar-refractivity contribution >= 4 is 11.6 Å². The normalized spacial score (nSPS) is 10.4. The fourth-order valence-corrected chi connectivity index (χ4v) is 1.34. The molecule has 0 fully saturated rings. The summed E-state index contributed by atoms with van der Waals surface area (Å²) in [5.74, 6) is 0. The lowest BCUT2D eigenvalue weighted by Crippen LogP contribution is -1.95. The van der Waals surface area contributed by atoms with Gasteiger partial charge in [-0.15, -0.1) is 0 Å². The van der Waals surface area contributed by atoms with Gasteiger partial charge in [-0.1, -0.05) is 11.6 Å². The van der Waals surface area contributed by atoms with Gasteiger partial charge in [-0.2, -0.15) is 5.10 Å². The van der Waals surface area contributed by atoms with E-state index in [2.05, 4.69) is 15.2 Å². The molecule has 2 rings (SSSR count). The van der Waals surface area contributed by atoms with Crippen LogP contribution in [0.15, 0.2) is 24.5 Å². The summed E-state index contributed by atoms with van der Waals surface area (Å²) in [4.78, 5) is 3.98. The van der Waals surface area contributed by atoms with E-state index >= 15 is 0 Å². The van der Waals surface area contributed by atoms with E-state index in [9.17, 15) is 0 Å². The molecule has 0 spiro atoms. The zero-order valence-electron chi connectivity index (χ0n) is 7.37. The molecule has 5 heteroatoms. The minimum Gasteiger partial charge on any atom is -0.325 e. The number of hydrogen-bond acceptors (Lipinski definition) is 3. The number of H-pyrrole nitrogens is 1. The molecule has 0 saturated carbocycles. The maximum absolute atomic E-state index is 5.81. The van der Waals surface area contributed by atoms with Gasteiger partial charge < -0.3 is 5.73 Å². The first-order valence-corrected chi connectivity index (χ1v) is 4.52. The van der Waals surface area contributed by atoms with Crippen molar-refractivity contribution in [1.29, 1.82) is 0 Å². The predicted molar refractivity (Wildman–Crippen MR) is 54.7 cm³/mol. The van der Waals surface area contributed by atoms with Crippen LogP contribution >= 0.6 is 11.6 Å². The second-order valence-corrected chi connectivity index (χ2v) is 3.31. The number of pyridine rings is 1. The maximum Gasteiger partial charge on any atom is 0.0940 e. The fraction of sp³-hybridized carbons (Fsp3) is 0.111. The summed E-state index contributed by atoms with van der Waals surface area (Å²) < 4.78 is 0. The Hall–Kier alpha value is -1.39. The Balaban J connectivity index is 2.39. The highest BCUT2D eigenvalue weighted by Crippen LogP contribution is 2.19. The zero-order valence-corrected chi connectivity index (χ0v) is 8.12. The van der Waals surface area contributed by atoms with Gasteiger partial charge >= 0.3 is 0 Å². The van der Waals surface area contributed by atoms with E-state index in [0.717, 1.165) is 17.0 Å². The van der Waals surface area contributed by atoms with Gasteiger partial charge in [0.15, 0.2) is 0 Å². The van der Waals surface area contributed by atoms with E-state index in [0.29, 0.717) is 11.6 Å². The summed E-state index contributed by atoms with van der Waals surface area (Å²) in [6.45, 7) is 0.445. The second kappa shape index (κ2) is 3.77. The van der Waals surface area contributed by atoms with Crippen LogP contribution in [0.2, 0.25) is 5.02 Å². The quantitative estimate of drug-likeness (QED) is 0.788. The number of nitrogens with two attached hydrogens (primary N) is 1. The van der Waals surface area contributed by atoms with Gasteiger partial charge in [-0.3, -0.25) is 10.1 Å². The molecule has 2 aromatic heterocycles. The van der Waals surface area contributed by atoms with E-state index in [1.807, 2.05) is 12.1 Å². The number of nitrogens with one attached hydrogen (secondary N) is 1. The number of halogens is 1. The average Bonchev–Trinajstić information content (AvgIpc) is 2.66. The van der Waals surface area contributed by atoms with E-state index in [4.69, 9.17) is 17.3 Å². The number of rotatable bonds is 2. The minimum absolute atomic E-state index is 0.445. The fourth-order valence-electron chi connectivity index (χ4n) is 1.17. The molecular weight excluding hydrogens is 200 g/mol. The summed E-state index contributed by atoms with van der Waals surface area (Å²) in [7, 11) is 0. The Kier molecular flexibility index (Phi) is 2.47. The third-order valence-electron chi connectivity index (χ3n) is 1.85. The van der Waals surface area contributed by atoms with Crippen LogP contribution in [-0.2, 0) is 6.54 Å². The van der Waals surface area contributed by atoms with E-state index in [1.165, 1.54) is 0 Å². The van der Waals surface area contributed by atoms with Crippen molar-refractivity contribution in [2.45, 2.75) is 6.54 Å². The molecule has 2 aromatic rings. The first-order valence-electron chi connectivity index (χ1n) is 4.15. The summed E-state index contributed by atoms with van der Waals surface area (Å²) in [5.41, 5.74) is 8.04. The van der Waals surface area contributed by atoms with Crippen LogP contribution in [0, 0.1) is 0 Å². The SMILES string of the molecule is NCc1cc(-c2cncc(Cl)c2)n[nH]1. The largest absolute Gasteiger partial charge is 0.325 e. The van der Waals surface area contributed by atoms with Crippen LogP contribution in [0.1, 0.15) is 5.69 Å². The van der Waals surface area contributed by atoms with Crippen LogP contribution in [0.25, 0.3) is 11.3 Å². The molecule has 0 unspecified atom stereocenters. The lowest BCUT2D eigenvalue weighted by Gasteiger charge is -1.94. The van der Waals surface area contributed by atoms with Gasteiger partial charge in [-0.25, -0.2) is 0 Å². The molecule has 0 aliphatic carbocycles. The van der Waals surface area contributed by atoms with E-state index in [-0.39, 0.29) is 0 Å². The lowest BCUT2D eigenvalue weighted by molar-refractivity contribution is 0.948. The monoisotopic (exact) mass is 208 g/mol. The number of nitrogens with zero attached hydrogens (tertiary/aromatic N) is 2. The Morgan fingerprint density at radius 3 is 2.86 bits per heavy atom. The van der Waals surface area contributed by atoms with Gasteiger partial charge in [0.25, 0.3) is 0 Å². The van der Waals surface area contributed by atoms with Crippen LogP contribution in [0.4, 0.5) is 0 Å². The Morgan fingerprint density at radius 1 is 1.36 bits per heavy atom. The van der Waals surface area contributed by atoms with Crippen molar-refractivity contribution in [3.8, 4) is 11.3 Å². The van der Waals surface area contributed by atoms with Gasteiger partial charge in [-0.05, 0) is 12.1 Å². The first-order chi connectivity index (χ1) is 6.79. The highest BCUT2D eigenvalue weighted by atomic mass is 35.5. The standard InChI is InChI=1S/C9H9ClN4/c10-7-1-6(4-12-5-7)9-2-8(3-11)13-14-9/h1-2,4-5H,3,11H2,(H,13,14). The van der Waals surface area contributed by atoms with Crippen molar-refractivity contribution in [2.75, 3.05) is 0 Å². The van der Waals surface area contributed by atoms with Gasteiger partial charge in [0, 0.05) is 30.2 Å². The summed E-state index contributed by atoms with van der Waals surface area (Å²) in [5, 5.41) is 7.52. The van der Waals surface area contributed by atoms with Gasteiger partial charge in [0.2, 0.25) is 0 Å². The number of aromatic amines is 1. The molecule has 0 saturated heterocycles. The number of hydrogen-bond donors (Lipinski definition) is 2. The van der Waals surface area contributed by atoms with E-state index < -0.39 is 0 Å². The molecule has 0 aliphatic heterocycles. The zero-order chi connectivity index (χ0) is 9.97. The van der Waals surface area contributed by atoms with Crippen molar-refractivity contribution in [2.24, 2.45) is 5.73 Å². The van der Waals surface area contributed by atoms with Crippen LogP contribution in [0.5, 0.6) is 0 Å². The third kappa shape index (κ3) is 1.76. The molecule has 0 bridgehead atoms. The average molecular weight is 209 g/mol. The van der Waals surface area contributed by atoms with Crippen LogP contribution in [-0.4, -0.2) is 15.2 Å². The first kappa shape index (κ1) is 9.18. The molecule has 3 N–H and O–H groups in total. The van der Waals surface area contributed by atoms with Crippen molar-refractivity contribution in [1.82, 2.24) is 15.2 Å². The molecular formula is C9H9ClN4. The smallest absolute Gasteiger partial charge is 0.0940 e. The minimum atomic E-state index is 0.445. The Bertz CT molecular complexity index is 438. The molecule has 0 atom stereocenters. The number of aromatic nitrogens is 3. The highest BCUT2D eigenvalue weighted by molar-refractivity contribution is 6.30. The molecule has 0 aliphatic rings. The Labute approximate surface area is 86.1 Å². The molecule has 0 aromatic carbocycles. The lowest BCUT2D eigenvalue weighted by atomic mass is 10.2. The van der Waals surface area contributed by atoms with Crippen LogP contribution in [0.3, 0.4) is 0 Å². The van der Waals surface area contributed by atoms with Crippen molar-refractivity contribution in [3.05, 3.63) is 35.2 Å². The summed E-state index contributed by atoms with van der Waals surface area (Å²) >= 11 is 5.81. The summed E-state index contributed by atoms with van der Waals surface area (Å²) in [6.07, 6.45) is 3.30. The second-order valence-electron chi connectivity index (χ2n) is 2.87. The maximum atomic E-state index is 5.81. The topological polar surface area (TPSA) is 67.6 Å². The third-order valence-corrected chi connectivity index (χ3v) is 2.06. The molecule has 14 heavy (non-hydrogen) atoms. The molecule has 2 heterocycles.